The van der Waals surface area contributed by atoms with Gasteiger partial charge in [-0.15, -0.1) is 0 Å². The van der Waals surface area contributed by atoms with Crippen molar-refractivity contribution >= 4 is 11.9 Å². The van der Waals surface area contributed by atoms with Crippen LogP contribution in [-0.2, 0) is 23.8 Å². The number of epoxide rings is 1. The van der Waals surface area contributed by atoms with E-state index in [1.165, 1.54) is 64.2 Å². The van der Waals surface area contributed by atoms with Crippen LogP contribution in [0.5, 0.6) is 0 Å². The lowest BCUT2D eigenvalue weighted by atomic mass is 10.0. The second-order valence-electron chi connectivity index (χ2n) is 12.5. The van der Waals surface area contributed by atoms with Gasteiger partial charge in [-0.05, 0) is 57.3 Å². The standard InChI is InChI=1S/C37H64O6/c1-4-5-6-7-8-9-13-16-21-26-34-35(43-34)27-22-18-19-24-29-37(40)42-33(30-38)31-41-36(39)28-23-17-14-11-10-12-15-20-25-32(2)3/h8-9,16,18,21-22,32-35,38H,4-7,10-15,17,19-20,23-31H2,1-3H3/b9-8-,21-16-,22-18-/t33-,34?,35?/m0/s1. The third kappa shape index (κ3) is 25.1. The van der Waals surface area contributed by atoms with Crippen LogP contribution in [0.15, 0.2) is 36.5 Å². The number of carbonyl (C=O) groups excluding carboxylic acids is 2. The van der Waals surface area contributed by atoms with Gasteiger partial charge in [0.2, 0.25) is 0 Å². The van der Waals surface area contributed by atoms with Crippen molar-refractivity contribution in [1.82, 2.24) is 0 Å². The Hall–Kier alpha value is -1.92. The van der Waals surface area contributed by atoms with Gasteiger partial charge in [0.05, 0.1) is 18.8 Å². The molecular formula is C37H64O6. The van der Waals surface area contributed by atoms with E-state index in [1.54, 1.807) is 0 Å². The molecule has 1 saturated heterocycles. The highest BCUT2D eigenvalue weighted by atomic mass is 16.6. The van der Waals surface area contributed by atoms with Gasteiger partial charge in [-0.3, -0.25) is 9.59 Å². The van der Waals surface area contributed by atoms with Crippen LogP contribution >= 0.6 is 0 Å². The summed E-state index contributed by atoms with van der Waals surface area (Å²) in [5.74, 6) is 0.132. The molecule has 6 nitrogen and oxygen atoms in total. The number of ether oxygens (including phenoxy) is 3. The van der Waals surface area contributed by atoms with Gasteiger partial charge >= 0.3 is 11.9 Å². The number of hydrogen-bond acceptors (Lipinski definition) is 6. The molecule has 0 amide bonds. The molecule has 0 bridgehead atoms. The zero-order chi connectivity index (χ0) is 31.4. The molecule has 3 atom stereocenters. The molecule has 0 saturated carbocycles. The summed E-state index contributed by atoms with van der Waals surface area (Å²) in [5, 5.41) is 9.52. The maximum absolute atomic E-state index is 12.1. The number of aliphatic hydroxyl groups is 1. The van der Waals surface area contributed by atoms with Crippen molar-refractivity contribution in [3.63, 3.8) is 0 Å². The summed E-state index contributed by atoms with van der Waals surface area (Å²) in [4.78, 5) is 24.1. The van der Waals surface area contributed by atoms with E-state index in [0.29, 0.717) is 25.0 Å². The van der Waals surface area contributed by atoms with Crippen molar-refractivity contribution in [3.8, 4) is 0 Å². The predicted molar refractivity (Wildman–Crippen MR) is 177 cm³/mol. The maximum atomic E-state index is 12.1. The first-order valence-corrected chi connectivity index (χ1v) is 17.5. The second kappa shape index (κ2) is 27.6. The minimum Gasteiger partial charge on any atom is -0.462 e. The minimum absolute atomic E-state index is 0.0924. The van der Waals surface area contributed by atoms with Gasteiger partial charge in [0.25, 0.3) is 0 Å². The maximum Gasteiger partial charge on any atom is 0.306 e. The van der Waals surface area contributed by atoms with Crippen LogP contribution in [0.1, 0.15) is 149 Å². The Morgan fingerprint density at radius 3 is 1.98 bits per heavy atom. The fourth-order valence-electron chi connectivity index (χ4n) is 4.95. The molecule has 2 unspecified atom stereocenters. The second-order valence-corrected chi connectivity index (χ2v) is 12.5. The first-order valence-electron chi connectivity index (χ1n) is 17.5. The molecule has 1 N–H and O–H groups in total. The highest BCUT2D eigenvalue weighted by Crippen LogP contribution is 2.29. The van der Waals surface area contributed by atoms with Gasteiger partial charge in [-0.2, -0.15) is 0 Å². The molecule has 1 fully saturated rings. The van der Waals surface area contributed by atoms with Crippen molar-refractivity contribution in [1.29, 1.82) is 0 Å². The van der Waals surface area contributed by atoms with Gasteiger partial charge in [0, 0.05) is 12.8 Å². The van der Waals surface area contributed by atoms with Crippen LogP contribution in [0.3, 0.4) is 0 Å². The predicted octanol–water partition coefficient (Wildman–Crippen LogP) is 9.35. The van der Waals surface area contributed by atoms with Crippen molar-refractivity contribution in [2.45, 2.75) is 167 Å². The Bertz CT molecular complexity index is 771. The molecule has 1 rings (SSSR count). The molecule has 43 heavy (non-hydrogen) atoms. The zero-order valence-electron chi connectivity index (χ0n) is 27.8. The molecule has 0 spiro atoms. The lowest BCUT2D eigenvalue weighted by Gasteiger charge is -2.15. The van der Waals surface area contributed by atoms with Crippen LogP contribution < -0.4 is 0 Å². The first kappa shape index (κ1) is 39.1. The van der Waals surface area contributed by atoms with E-state index in [4.69, 9.17) is 14.2 Å². The van der Waals surface area contributed by atoms with Crippen molar-refractivity contribution < 1.29 is 28.9 Å². The zero-order valence-corrected chi connectivity index (χ0v) is 27.8. The molecule has 6 heteroatoms. The highest BCUT2D eigenvalue weighted by molar-refractivity contribution is 5.70. The largest absolute Gasteiger partial charge is 0.462 e. The van der Waals surface area contributed by atoms with Crippen LogP contribution in [0.2, 0.25) is 0 Å². The summed E-state index contributed by atoms with van der Waals surface area (Å²) in [6, 6.07) is 0. The van der Waals surface area contributed by atoms with Gasteiger partial charge in [-0.25, -0.2) is 0 Å². The first-order chi connectivity index (χ1) is 21.0. The highest BCUT2D eigenvalue weighted by Gasteiger charge is 2.35. The number of rotatable bonds is 29. The van der Waals surface area contributed by atoms with Crippen molar-refractivity contribution in [2.75, 3.05) is 13.2 Å². The van der Waals surface area contributed by atoms with Gasteiger partial charge in [-0.1, -0.05) is 121 Å². The molecule has 248 valence electrons. The smallest absolute Gasteiger partial charge is 0.306 e. The van der Waals surface area contributed by atoms with Crippen LogP contribution in [-0.4, -0.2) is 48.6 Å². The molecule has 0 aliphatic carbocycles. The van der Waals surface area contributed by atoms with Crippen LogP contribution in [0.4, 0.5) is 0 Å². The summed E-state index contributed by atoms with van der Waals surface area (Å²) in [7, 11) is 0. The van der Waals surface area contributed by atoms with Crippen molar-refractivity contribution in [3.05, 3.63) is 36.5 Å². The molecule has 0 aromatic heterocycles. The van der Waals surface area contributed by atoms with Gasteiger partial charge in [0.15, 0.2) is 6.10 Å². The molecule has 1 aliphatic rings. The average Bonchev–Trinajstić information content (AvgIpc) is 3.74. The number of allylic oxidation sites excluding steroid dienone is 4. The van der Waals surface area contributed by atoms with E-state index in [2.05, 4.69) is 57.2 Å². The Morgan fingerprint density at radius 2 is 1.30 bits per heavy atom. The molecule has 0 aromatic carbocycles. The SMILES string of the molecule is CCCCC/C=C\C/C=C\CC1OC1C/C=C\CCCC(=O)O[C@@H](CO)COC(=O)CCCCCCCCCCC(C)C. The third-order valence-corrected chi connectivity index (χ3v) is 7.77. The van der Waals surface area contributed by atoms with Gasteiger partial charge < -0.3 is 19.3 Å². The van der Waals surface area contributed by atoms with Crippen LogP contribution in [0.25, 0.3) is 0 Å². The summed E-state index contributed by atoms with van der Waals surface area (Å²) < 4.78 is 16.3. The van der Waals surface area contributed by atoms with E-state index >= 15 is 0 Å². The number of carbonyl (C=O) groups is 2. The number of unbranched alkanes of at least 4 members (excludes halogenated alkanes) is 11. The van der Waals surface area contributed by atoms with E-state index in [0.717, 1.165) is 50.9 Å². The number of aliphatic hydroxyl groups excluding tert-OH is 1. The number of esters is 2. The Balaban J connectivity index is 1.98. The monoisotopic (exact) mass is 604 g/mol. The van der Waals surface area contributed by atoms with E-state index in [-0.39, 0.29) is 31.6 Å². The van der Waals surface area contributed by atoms with Crippen LogP contribution in [0, 0.1) is 5.92 Å². The molecule has 1 heterocycles. The minimum atomic E-state index is -0.803. The topological polar surface area (TPSA) is 85.4 Å². The summed E-state index contributed by atoms with van der Waals surface area (Å²) in [6.07, 6.45) is 33.8. The molecule has 0 radical (unpaired) electrons. The Labute approximate surface area is 263 Å². The van der Waals surface area contributed by atoms with Crippen molar-refractivity contribution in [2.24, 2.45) is 5.92 Å². The normalized spacial score (nSPS) is 17.4. The fraction of sp³-hybridized carbons (Fsp3) is 0.784. The lowest BCUT2D eigenvalue weighted by molar-refractivity contribution is -0.161. The summed E-state index contributed by atoms with van der Waals surface area (Å²) in [5.41, 5.74) is 0. The average molecular weight is 605 g/mol. The summed E-state index contributed by atoms with van der Waals surface area (Å²) in [6.45, 7) is 6.33. The van der Waals surface area contributed by atoms with E-state index in [9.17, 15) is 14.7 Å². The number of hydrogen-bond donors (Lipinski definition) is 1. The quantitative estimate of drug-likeness (QED) is 0.0396. The Kier molecular flexibility index (Phi) is 25.1. The van der Waals surface area contributed by atoms with Gasteiger partial charge in [0.1, 0.15) is 6.61 Å². The Morgan fingerprint density at radius 1 is 0.721 bits per heavy atom. The molecule has 0 aromatic rings. The van der Waals surface area contributed by atoms with E-state index in [1.807, 2.05) is 0 Å². The van der Waals surface area contributed by atoms with E-state index < -0.39 is 6.10 Å². The molecular weight excluding hydrogens is 540 g/mol. The molecule has 1 aliphatic heterocycles. The lowest BCUT2D eigenvalue weighted by Crippen LogP contribution is -2.28. The summed E-state index contributed by atoms with van der Waals surface area (Å²) >= 11 is 0. The fourth-order valence-corrected chi connectivity index (χ4v) is 4.95. The third-order valence-electron chi connectivity index (χ3n) is 7.77.